The van der Waals surface area contributed by atoms with E-state index in [1.165, 1.54) is 0 Å². The van der Waals surface area contributed by atoms with Gasteiger partial charge in [-0.05, 0) is 31.5 Å². The molecule has 2 N–H and O–H groups in total. The zero-order valence-electron chi connectivity index (χ0n) is 10.5. The number of piperidine rings is 1. The van der Waals surface area contributed by atoms with E-state index in [2.05, 4.69) is 23.6 Å². The molecule has 0 saturated carbocycles. The Balaban J connectivity index is 2.28. The molecule has 2 rings (SSSR count). The van der Waals surface area contributed by atoms with E-state index < -0.39 is 5.54 Å². The minimum atomic E-state index is -0.509. The molecule has 2 atom stereocenters. The average Bonchev–Trinajstić information content (AvgIpc) is 2.42. The summed E-state index contributed by atoms with van der Waals surface area (Å²) in [6.07, 6.45) is 1.77. The van der Waals surface area contributed by atoms with Crippen molar-refractivity contribution in [2.24, 2.45) is 5.92 Å². The number of anilines is 1. The third kappa shape index (κ3) is 2.45. The molecule has 96 valence electrons. The number of rotatable bonds is 3. The number of nitrogens with zero attached hydrogens (tertiary/aromatic N) is 1. The predicted octanol–water partition coefficient (Wildman–Crippen LogP) is 3.03. The van der Waals surface area contributed by atoms with E-state index in [9.17, 15) is 5.26 Å². The average molecular weight is 264 g/mol. The second-order valence-corrected chi connectivity index (χ2v) is 5.15. The van der Waals surface area contributed by atoms with Gasteiger partial charge in [0.25, 0.3) is 0 Å². The molecule has 1 aromatic rings. The Morgan fingerprint density at radius 2 is 2.33 bits per heavy atom. The lowest BCUT2D eigenvalue weighted by Crippen LogP contribution is -2.54. The Hall–Kier alpha value is -1.24. The number of hydrogen-bond acceptors (Lipinski definition) is 3. The highest BCUT2D eigenvalue weighted by atomic mass is 35.5. The molecule has 1 saturated heterocycles. The number of para-hydroxylation sites is 1. The maximum atomic E-state index is 9.61. The quantitative estimate of drug-likeness (QED) is 0.881. The molecule has 18 heavy (non-hydrogen) atoms. The molecule has 1 heterocycles. The first kappa shape index (κ1) is 13.2. The van der Waals surface area contributed by atoms with Crippen LogP contribution in [-0.4, -0.2) is 18.6 Å². The van der Waals surface area contributed by atoms with Crippen molar-refractivity contribution >= 4 is 17.3 Å². The van der Waals surface area contributed by atoms with Gasteiger partial charge in [0.05, 0.1) is 16.8 Å². The first-order chi connectivity index (χ1) is 8.72. The molecule has 1 fully saturated rings. The van der Waals surface area contributed by atoms with Crippen LogP contribution in [0.2, 0.25) is 5.02 Å². The molecule has 0 bridgehead atoms. The third-order valence-electron chi connectivity index (χ3n) is 3.71. The van der Waals surface area contributed by atoms with Crippen molar-refractivity contribution in [3.8, 4) is 6.07 Å². The lowest BCUT2D eigenvalue weighted by Gasteiger charge is -2.40. The Morgan fingerprint density at radius 1 is 1.56 bits per heavy atom. The summed E-state index contributed by atoms with van der Waals surface area (Å²) in [7, 11) is 0. The summed E-state index contributed by atoms with van der Waals surface area (Å²) in [6, 6.07) is 10.1. The third-order valence-corrected chi connectivity index (χ3v) is 4.04. The minimum Gasteiger partial charge on any atom is -0.366 e. The molecule has 0 amide bonds. The highest BCUT2D eigenvalue weighted by Gasteiger charge is 2.40. The van der Waals surface area contributed by atoms with Gasteiger partial charge in [-0.3, -0.25) is 0 Å². The number of halogens is 1. The Morgan fingerprint density at radius 3 is 3.00 bits per heavy atom. The monoisotopic (exact) mass is 263 g/mol. The van der Waals surface area contributed by atoms with Crippen LogP contribution in [0.15, 0.2) is 24.3 Å². The smallest absolute Gasteiger partial charge is 0.130 e. The highest BCUT2D eigenvalue weighted by Crippen LogP contribution is 2.33. The molecule has 1 aromatic carbocycles. The summed E-state index contributed by atoms with van der Waals surface area (Å²) >= 11 is 6.17. The first-order valence-electron chi connectivity index (χ1n) is 6.36. The summed E-state index contributed by atoms with van der Waals surface area (Å²) in [5.41, 5.74) is 0.339. The van der Waals surface area contributed by atoms with Crippen LogP contribution in [0.25, 0.3) is 0 Å². The van der Waals surface area contributed by atoms with Gasteiger partial charge >= 0.3 is 0 Å². The minimum absolute atomic E-state index is 0.299. The van der Waals surface area contributed by atoms with Crippen molar-refractivity contribution in [2.45, 2.75) is 25.3 Å². The van der Waals surface area contributed by atoms with Crippen molar-refractivity contribution in [3.05, 3.63) is 29.3 Å². The molecule has 3 nitrogen and oxygen atoms in total. The SMILES string of the molecule is CCC1CNCCC1(C#N)Nc1ccccc1Cl. The maximum Gasteiger partial charge on any atom is 0.130 e. The molecule has 0 aliphatic carbocycles. The second-order valence-electron chi connectivity index (χ2n) is 4.75. The van der Waals surface area contributed by atoms with Crippen molar-refractivity contribution in [3.63, 3.8) is 0 Å². The first-order valence-corrected chi connectivity index (χ1v) is 6.74. The van der Waals surface area contributed by atoms with E-state index in [0.717, 1.165) is 31.6 Å². The van der Waals surface area contributed by atoms with Crippen LogP contribution in [0.4, 0.5) is 5.69 Å². The van der Waals surface area contributed by atoms with Crippen LogP contribution in [-0.2, 0) is 0 Å². The second kappa shape index (κ2) is 5.60. The fourth-order valence-corrected chi connectivity index (χ4v) is 2.76. The summed E-state index contributed by atoms with van der Waals surface area (Å²) in [6.45, 7) is 3.86. The van der Waals surface area contributed by atoms with Crippen molar-refractivity contribution in [1.29, 1.82) is 5.26 Å². The van der Waals surface area contributed by atoms with Crippen LogP contribution in [0.1, 0.15) is 19.8 Å². The van der Waals surface area contributed by atoms with Gasteiger partial charge < -0.3 is 10.6 Å². The van der Waals surface area contributed by atoms with Crippen molar-refractivity contribution in [1.82, 2.24) is 5.32 Å². The number of nitriles is 1. The van der Waals surface area contributed by atoms with E-state index in [4.69, 9.17) is 11.6 Å². The van der Waals surface area contributed by atoms with Crippen LogP contribution >= 0.6 is 11.6 Å². The predicted molar refractivity (Wildman–Crippen MR) is 74.7 cm³/mol. The largest absolute Gasteiger partial charge is 0.366 e. The molecule has 0 aromatic heterocycles. The molecule has 1 aliphatic rings. The zero-order valence-corrected chi connectivity index (χ0v) is 11.3. The summed E-state index contributed by atoms with van der Waals surface area (Å²) in [4.78, 5) is 0. The molecular formula is C14H18ClN3. The fraction of sp³-hybridized carbons (Fsp3) is 0.500. The molecule has 2 unspecified atom stereocenters. The standard InChI is InChI=1S/C14H18ClN3/c1-2-11-9-17-8-7-14(11,10-16)18-13-6-4-3-5-12(13)15/h3-6,11,17-18H,2,7-9H2,1H3. The van der Waals surface area contributed by atoms with E-state index >= 15 is 0 Å². The maximum absolute atomic E-state index is 9.61. The van der Waals surface area contributed by atoms with Crippen LogP contribution < -0.4 is 10.6 Å². The summed E-state index contributed by atoms with van der Waals surface area (Å²) in [5, 5.41) is 17.0. The molecular weight excluding hydrogens is 246 g/mol. The number of hydrogen-bond donors (Lipinski definition) is 2. The van der Waals surface area contributed by atoms with Gasteiger partial charge in [0, 0.05) is 12.5 Å². The molecule has 1 aliphatic heterocycles. The lowest BCUT2D eigenvalue weighted by molar-refractivity contribution is 0.276. The fourth-order valence-electron chi connectivity index (χ4n) is 2.58. The van der Waals surface area contributed by atoms with Gasteiger partial charge in [-0.1, -0.05) is 30.7 Å². The summed E-state index contributed by atoms with van der Waals surface area (Å²) in [5.74, 6) is 0.299. The Kier molecular flexibility index (Phi) is 4.11. The lowest BCUT2D eigenvalue weighted by atomic mass is 9.78. The summed E-state index contributed by atoms with van der Waals surface area (Å²) < 4.78 is 0. The van der Waals surface area contributed by atoms with Crippen molar-refractivity contribution < 1.29 is 0 Å². The van der Waals surface area contributed by atoms with Gasteiger partial charge in [-0.2, -0.15) is 5.26 Å². The van der Waals surface area contributed by atoms with Crippen LogP contribution in [0, 0.1) is 17.2 Å². The van der Waals surface area contributed by atoms with Crippen molar-refractivity contribution in [2.75, 3.05) is 18.4 Å². The highest BCUT2D eigenvalue weighted by molar-refractivity contribution is 6.33. The van der Waals surface area contributed by atoms with Gasteiger partial charge in [-0.15, -0.1) is 0 Å². The van der Waals surface area contributed by atoms with Crippen LogP contribution in [0.5, 0.6) is 0 Å². The van der Waals surface area contributed by atoms with E-state index in [1.54, 1.807) is 0 Å². The van der Waals surface area contributed by atoms with Gasteiger partial charge in [0.2, 0.25) is 0 Å². The van der Waals surface area contributed by atoms with Gasteiger partial charge in [-0.25, -0.2) is 0 Å². The van der Waals surface area contributed by atoms with Gasteiger partial charge in [0.1, 0.15) is 5.54 Å². The molecule has 4 heteroatoms. The molecule has 0 spiro atoms. The normalized spacial score (nSPS) is 27.5. The van der Waals surface area contributed by atoms with E-state index in [1.807, 2.05) is 24.3 Å². The Labute approximate surface area is 113 Å². The Bertz CT molecular complexity index is 455. The zero-order chi connectivity index (χ0) is 13.0. The van der Waals surface area contributed by atoms with Crippen LogP contribution in [0.3, 0.4) is 0 Å². The molecule has 0 radical (unpaired) electrons. The van der Waals surface area contributed by atoms with E-state index in [0.29, 0.717) is 10.9 Å². The van der Waals surface area contributed by atoms with Gasteiger partial charge in [0.15, 0.2) is 0 Å². The number of benzene rings is 1. The van der Waals surface area contributed by atoms with E-state index in [-0.39, 0.29) is 0 Å². The topological polar surface area (TPSA) is 47.9 Å². The number of nitrogens with one attached hydrogen (secondary N) is 2.